The average Bonchev–Trinajstić information content (AvgIpc) is 2.33. The van der Waals surface area contributed by atoms with Gasteiger partial charge in [0.2, 0.25) is 0 Å². The molecule has 0 aliphatic heterocycles. The third-order valence-corrected chi connectivity index (χ3v) is 2.15. The first-order valence-electron chi connectivity index (χ1n) is 4.11. The molecule has 5 heteroatoms. The molecule has 0 aromatic carbocycles. The van der Waals surface area contributed by atoms with Crippen LogP contribution in [0, 0.1) is 5.92 Å². The van der Waals surface area contributed by atoms with Gasteiger partial charge in [-0.2, -0.15) is 4.37 Å². The number of carbonyl (C=O) groups is 1. The van der Waals surface area contributed by atoms with Crippen molar-refractivity contribution in [2.45, 2.75) is 26.7 Å². The lowest BCUT2D eigenvalue weighted by molar-refractivity contribution is -0.136. The number of aromatic nitrogens is 2. The average molecular weight is 200 g/mol. The Bertz CT molecular complexity index is 296. The zero-order valence-corrected chi connectivity index (χ0v) is 8.47. The van der Waals surface area contributed by atoms with Crippen LogP contribution in [0.25, 0.3) is 0 Å². The van der Waals surface area contributed by atoms with E-state index < -0.39 is 5.97 Å². The first-order chi connectivity index (χ1) is 6.08. The van der Waals surface area contributed by atoms with Gasteiger partial charge in [-0.15, -0.1) is 0 Å². The molecule has 0 amide bonds. The Kier molecular flexibility index (Phi) is 3.36. The summed E-state index contributed by atoms with van der Waals surface area (Å²) in [7, 11) is 0. The summed E-state index contributed by atoms with van der Waals surface area (Å²) < 4.78 is 4.08. The quantitative estimate of drug-likeness (QED) is 0.797. The second-order valence-corrected chi connectivity index (χ2v) is 4.11. The van der Waals surface area contributed by atoms with E-state index in [1.807, 2.05) is 0 Å². The summed E-state index contributed by atoms with van der Waals surface area (Å²) in [5.74, 6) is 0.413. The van der Waals surface area contributed by atoms with Crippen molar-refractivity contribution < 1.29 is 9.90 Å². The van der Waals surface area contributed by atoms with E-state index in [4.69, 9.17) is 5.11 Å². The van der Waals surface area contributed by atoms with Crippen molar-refractivity contribution in [3.05, 3.63) is 10.8 Å². The smallest absolute Gasteiger partial charge is 0.310 e. The second kappa shape index (κ2) is 4.32. The molecule has 1 aromatic heterocycles. The highest BCUT2D eigenvalue weighted by Gasteiger charge is 2.08. The maximum Gasteiger partial charge on any atom is 0.310 e. The van der Waals surface area contributed by atoms with Crippen LogP contribution < -0.4 is 0 Å². The summed E-state index contributed by atoms with van der Waals surface area (Å²) in [6.45, 7) is 4.16. The van der Waals surface area contributed by atoms with E-state index in [1.165, 1.54) is 11.5 Å². The van der Waals surface area contributed by atoms with Gasteiger partial charge in [0, 0.05) is 6.42 Å². The largest absolute Gasteiger partial charge is 0.481 e. The number of nitrogens with zero attached hydrogens (tertiary/aromatic N) is 2. The van der Waals surface area contributed by atoms with E-state index in [2.05, 4.69) is 23.2 Å². The summed E-state index contributed by atoms with van der Waals surface area (Å²) in [5, 5.41) is 9.08. The third-order valence-electron chi connectivity index (χ3n) is 1.40. The maximum absolute atomic E-state index is 10.3. The second-order valence-electron chi connectivity index (χ2n) is 3.27. The molecule has 0 radical (unpaired) electrons. The predicted molar refractivity (Wildman–Crippen MR) is 49.8 cm³/mol. The van der Waals surface area contributed by atoms with Crippen molar-refractivity contribution in [2.75, 3.05) is 0 Å². The number of hydrogen-bond acceptors (Lipinski definition) is 4. The van der Waals surface area contributed by atoms with Gasteiger partial charge in [-0.05, 0) is 17.5 Å². The Hall–Kier alpha value is -0.970. The van der Waals surface area contributed by atoms with Gasteiger partial charge in [-0.1, -0.05) is 13.8 Å². The molecule has 1 rings (SSSR count). The Morgan fingerprint density at radius 2 is 2.31 bits per heavy atom. The number of hydrogen-bond donors (Lipinski definition) is 1. The maximum atomic E-state index is 10.3. The fourth-order valence-corrected chi connectivity index (χ4v) is 1.60. The normalized spacial score (nSPS) is 10.7. The standard InChI is InChI=1S/C8H12N2O2S/c1-5(2)3-6-9-7(13-10-6)4-8(11)12/h5H,3-4H2,1-2H3,(H,11,12). The molecule has 0 fully saturated rings. The zero-order chi connectivity index (χ0) is 9.84. The molecular formula is C8H12N2O2S. The van der Waals surface area contributed by atoms with Crippen molar-refractivity contribution in [3.63, 3.8) is 0 Å². The first-order valence-corrected chi connectivity index (χ1v) is 4.88. The van der Waals surface area contributed by atoms with Crippen LogP contribution >= 0.6 is 11.5 Å². The number of carboxylic acids is 1. The van der Waals surface area contributed by atoms with Crippen molar-refractivity contribution in [3.8, 4) is 0 Å². The summed E-state index contributed by atoms with van der Waals surface area (Å²) in [5.41, 5.74) is 0. The van der Waals surface area contributed by atoms with Gasteiger partial charge in [-0.3, -0.25) is 4.79 Å². The molecule has 1 heterocycles. The number of aliphatic carboxylic acids is 1. The lowest BCUT2D eigenvalue weighted by atomic mass is 10.1. The highest BCUT2D eigenvalue weighted by Crippen LogP contribution is 2.09. The molecule has 0 saturated heterocycles. The summed E-state index contributed by atoms with van der Waals surface area (Å²) >= 11 is 1.18. The molecule has 0 aliphatic rings. The fraction of sp³-hybridized carbons (Fsp3) is 0.625. The lowest BCUT2D eigenvalue weighted by Gasteiger charge is -1.97. The monoisotopic (exact) mass is 200 g/mol. The van der Waals surface area contributed by atoms with E-state index in [1.54, 1.807) is 0 Å². The third kappa shape index (κ3) is 3.50. The Morgan fingerprint density at radius 1 is 1.62 bits per heavy atom. The molecule has 1 N–H and O–H groups in total. The van der Waals surface area contributed by atoms with Crippen LogP contribution in [-0.4, -0.2) is 20.4 Å². The van der Waals surface area contributed by atoms with Crippen molar-refractivity contribution in [1.29, 1.82) is 0 Å². The molecule has 0 spiro atoms. The van der Waals surface area contributed by atoms with E-state index >= 15 is 0 Å². The molecule has 72 valence electrons. The Labute approximate surface area is 80.8 Å². The van der Waals surface area contributed by atoms with E-state index in [9.17, 15) is 4.79 Å². The zero-order valence-electron chi connectivity index (χ0n) is 7.65. The van der Waals surface area contributed by atoms with E-state index in [-0.39, 0.29) is 6.42 Å². The molecule has 4 nitrogen and oxygen atoms in total. The predicted octanol–water partition coefficient (Wildman–Crippen LogP) is 1.36. The minimum atomic E-state index is -0.854. The van der Waals surface area contributed by atoms with Crippen molar-refractivity contribution >= 4 is 17.5 Å². The molecule has 13 heavy (non-hydrogen) atoms. The van der Waals surface area contributed by atoms with Crippen LogP contribution in [0.15, 0.2) is 0 Å². The topological polar surface area (TPSA) is 63.1 Å². The van der Waals surface area contributed by atoms with Crippen molar-refractivity contribution in [1.82, 2.24) is 9.36 Å². The van der Waals surface area contributed by atoms with Crippen LogP contribution in [0.2, 0.25) is 0 Å². The number of carboxylic acid groups (broad SMARTS) is 1. The lowest BCUT2D eigenvalue weighted by Crippen LogP contribution is -2.00. The summed E-state index contributed by atoms with van der Waals surface area (Å²) in [4.78, 5) is 14.5. The molecule has 0 atom stereocenters. The van der Waals surface area contributed by atoms with Gasteiger partial charge in [0.1, 0.15) is 10.8 Å². The molecule has 0 unspecified atom stereocenters. The number of rotatable bonds is 4. The highest BCUT2D eigenvalue weighted by atomic mass is 32.1. The van der Waals surface area contributed by atoms with Gasteiger partial charge in [0.25, 0.3) is 0 Å². The molecule has 1 aromatic rings. The van der Waals surface area contributed by atoms with Crippen LogP contribution in [-0.2, 0) is 17.6 Å². The van der Waals surface area contributed by atoms with Gasteiger partial charge in [0.05, 0.1) is 6.42 Å². The van der Waals surface area contributed by atoms with Gasteiger partial charge >= 0.3 is 5.97 Å². The summed E-state index contributed by atoms with van der Waals surface area (Å²) in [6.07, 6.45) is 0.798. The van der Waals surface area contributed by atoms with Gasteiger partial charge in [-0.25, -0.2) is 4.98 Å². The SMILES string of the molecule is CC(C)Cc1nsc(CC(=O)O)n1. The molecule has 0 bridgehead atoms. The van der Waals surface area contributed by atoms with E-state index in [0.717, 1.165) is 12.2 Å². The van der Waals surface area contributed by atoms with Gasteiger partial charge < -0.3 is 5.11 Å². The first kappa shape index (κ1) is 10.1. The highest BCUT2D eigenvalue weighted by molar-refractivity contribution is 7.05. The van der Waals surface area contributed by atoms with Crippen LogP contribution in [0.5, 0.6) is 0 Å². The van der Waals surface area contributed by atoms with Crippen LogP contribution in [0.3, 0.4) is 0 Å². The fourth-order valence-electron chi connectivity index (χ4n) is 0.939. The van der Waals surface area contributed by atoms with E-state index in [0.29, 0.717) is 10.9 Å². The molecule has 0 saturated carbocycles. The van der Waals surface area contributed by atoms with Crippen LogP contribution in [0.4, 0.5) is 0 Å². The Morgan fingerprint density at radius 3 is 2.85 bits per heavy atom. The molecular weight excluding hydrogens is 188 g/mol. The van der Waals surface area contributed by atoms with Crippen LogP contribution in [0.1, 0.15) is 24.7 Å². The van der Waals surface area contributed by atoms with Gasteiger partial charge in [0.15, 0.2) is 0 Å². The Balaban J connectivity index is 2.58. The van der Waals surface area contributed by atoms with Crippen molar-refractivity contribution in [2.24, 2.45) is 5.92 Å². The minimum Gasteiger partial charge on any atom is -0.481 e. The molecule has 0 aliphatic carbocycles. The summed E-state index contributed by atoms with van der Waals surface area (Å²) in [6, 6.07) is 0. The minimum absolute atomic E-state index is 0.0181.